The molecule has 55 heavy (non-hydrogen) atoms. The minimum Gasteiger partial charge on any atom is -0.504 e. The lowest BCUT2D eigenvalue weighted by Crippen LogP contribution is -2.10. The number of aromatic nitrogens is 2. The number of carboxylic acids is 1. The lowest BCUT2D eigenvalue weighted by atomic mass is 10.2. The van der Waals surface area contributed by atoms with Crippen molar-refractivity contribution in [3.63, 3.8) is 0 Å². The molecule has 0 atom stereocenters. The minimum atomic E-state index is -0.942. The molecular formula is C42H36N2O11. The molecule has 13 heteroatoms. The van der Waals surface area contributed by atoms with E-state index in [2.05, 4.69) is 9.97 Å². The van der Waals surface area contributed by atoms with Gasteiger partial charge in [-0.3, -0.25) is 9.97 Å². The Bertz CT molecular complexity index is 2150. The first kappa shape index (κ1) is 40.2. The second-order valence-electron chi connectivity index (χ2n) is 11.1. The molecule has 280 valence electrons. The molecule has 0 spiro atoms. The normalized spacial score (nSPS) is 9.85. The number of ether oxygens (including phenoxy) is 5. The molecule has 2 heterocycles. The highest BCUT2D eigenvalue weighted by Crippen LogP contribution is 2.29. The van der Waals surface area contributed by atoms with E-state index in [4.69, 9.17) is 28.8 Å². The summed E-state index contributed by atoms with van der Waals surface area (Å²) in [6.07, 6.45) is 5.81. The van der Waals surface area contributed by atoms with Gasteiger partial charge in [0.25, 0.3) is 0 Å². The molecule has 6 aromatic rings. The Morgan fingerprint density at radius 3 is 1.47 bits per heavy atom. The van der Waals surface area contributed by atoms with Crippen LogP contribution in [0.1, 0.15) is 52.6 Å². The van der Waals surface area contributed by atoms with Gasteiger partial charge in [0, 0.05) is 24.8 Å². The minimum absolute atomic E-state index is 0.0119. The summed E-state index contributed by atoms with van der Waals surface area (Å²) in [5.74, 6) is -1.78. The Morgan fingerprint density at radius 1 is 0.527 bits per heavy atom. The molecule has 2 N–H and O–H groups in total. The molecule has 0 fully saturated rings. The molecule has 0 aliphatic carbocycles. The van der Waals surface area contributed by atoms with Crippen LogP contribution in [-0.2, 0) is 22.7 Å². The number of nitrogens with zero attached hydrogens (tertiary/aromatic N) is 2. The van der Waals surface area contributed by atoms with E-state index >= 15 is 0 Å². The van der Waals surface area contributed by atoms with Gasteiger partial charge in [-0.1, -0.05) is 60.7 Å². The molecule has 0 aliphatic rings. The van der Waals surface area contributed by atoms with Crippen LogP contribution >= 0.6 is 0 Å². The van der Waals surface area contributed by atoms with E-state index in [0.29, 0.717) is 16.7 Å². The number of esters is 3. The quantitative estimate of drug-likeness (QED) is 0.100. The molecule has 13 nitrogen and oxygen atoms in total. The van der Waals surface area contributed by atoms with Gasteiger partial charge in [-0.2, -0.15) is 0 Å². The van der Waals surface area contributed by atoms with Crippen molar-refractivity contribution in [2.75, 3.05) is 14.2 Å². The lowest BCUT2D eigenvalue weighted by molar-refractivity contribution is 0.0463. The fourth-order valence-corrected chi connectivity index (χ4v) is 4.43. The summed E-state index contributed by atoms with van der Waals surface area (Å²) in [7, 11) is 2.85. The summed E-state index contributed by atoms with van der Waals surface area (Å²) in [5.41, 5.74) is 2.97. The van der Waals surface area contributed by atoms with Crippen LogP contribution in [0.4, 0.5) is 0 Å². The van der Waals surface area contributed by atoms with Gasteiger partial charge in [0.2, 0.25) is 0 Å². The van der Waals surface area contributed by atoms with Crippen molar-refractivity contribution in [2.45, 2.75) is 13.2 Å². The van der Waals surface area contributed by atoms with E-state index in [1.807, 2.05) is 60.7 Å². The van der Waals surface area contributed by atoms with E-state index in [-0.39, 0.29) is 41.8 Å². The second-order valence-corrected chi connectivity index (χ2v) is 11.1. The third-order valence-electron chi connectivity index (χ3n) is 7.25. The van der Waals surface area contributed by atoms with E-state index in [1.165, 1.54) is 75.3 Å². The first-order valence-electron chi connectivity index (χ1n) is 16.4. The number of aromatic hydroxyl groups is 1. The first-order valence-corrected chi connectivity index (χ1v) is 16.4. The highest BCUT2D eigenvalue weighted by atomic mass is 16.6. The van der Waals surface area contributed by atoms with Gasteiger partial charge in [0.05, 0.1) is 36.5 Å². The summed E-state index contributed by atoms with van der Waals surface area (Å²) < 4.78 is 26.0. The van der Waals surface area contributed by atoms with E-state index in [9.17, 15) is 24.3 Å². The summed E-state index contributed by atoms with van der Waals surface area (Å²) in [4.78, 5) is 53.9. The van der Waals surface area contributed by atoms with Gasteiger partial charge in [-0.15, -0.1) is 0 Å². The Hall–Kier alpha value is -7.54. The standard InChI is InChI=1S/C21H17NO5.C15H14O4.C6H5NO2/c1-25-19-12-16(20(23)26-14-15-6-3-2-4-7-15)9-10-18(19)27-21(24)17-8-5-11-22-13-17;1-18-14-9-12(7-8-13(14)16)15(17)19-10-11-5-3-2-4-6-11;8-6(9)5-2-1-3-7-4-5/h2-13H,14H2,1H3;2-9,16H,10H2,1H3;1-4H,(H,8,9). The van der Waals surface area contributed by atoms with Crippen LogP contribution in [0.5, 0.6) is 23.0 Å². The van der Waals surface area contributed by atoms with Crippen LogP contribution in [0.15, 0.2) is 146 Å². The zero-order chi connectivity index (χ0) is 39.4. The first-order chi connectivity index (χ1) is 26.7. The van der Waals surface area contributed by atoms with E-state index in [1.54, 1.807) is 24.4 Å². The highest BCUT2D eigenvalue weighted by molar-refractivity contribution is 5.93. The number of phenols is 1. The fraction of sp³-hybridized carbons (Fsp3) is 0.0952. The van der Waals surface area contributed by atoms with Crippen LogP contribution in [0.3, 0.4) is 0 Å². The van der Waals surface area contributed by atoms with Gasteiger partial charge in [-0.05, 0) is 71.8 Å². The number of hydrogen-bond donors (Lipinski definition) is 2. The Labute approximate surface area is 316 Å². The number of aromatic carboxylic acids is 1. The summed E-state index contributed by atoms with van der Waals surface area (Å²) in [5, 5.41) is 17.8. The predicted octanol–water partition coefficient (Wildman–Crippen LogP) is 7.20. The summed E-state index contributed by atoms with van der Waals surface area (Å²) in [6.45, 7) is 0.378. The maximum absolute atomic E-state index is 12.2. The number of phenolic OH excluding ortho intramolecular Hbond substituents is 1. The Kier molecular flexibility index (Phi) is 15.4. The second kappa shape index (κ2) is 21.1. The number of benzene rings is 4. The molecule has 0 amide bonds. The van der Waals surface area contributed by atoms with Gasteiger partial charge in [0.15, 0.2) is 23.0 Å². The largest absolute Gasteiger partial charge is 0.504 e. The van der Waals surface area contributed by atoms with Crippen LogP contribution < -0.4 is 14.2 Å². The van der Waals surface area contributed by atoms with Gasteiger partial charge in [-0.25, -0.2) is 19.2 Å². The van der Waals surface area contributed by atoms with Crippen molar-refractivity contribution in [3.8, 4) is 23.0 Å². The molecular weight excluding hydrogens is 708 g/mol. The SMILES string of the molecule is COc1cc(C(=O)OCc2ccccc2)ccc1O.COc1cc(C(=O)OCc2ccccc2)ccc1OC(=O)c1cccnc1.O=C(O)c1cccnc1. The summed E-state index contributed by atoms with van der Waals surface area (Å²) >= 11 is 0. The van der Waals surface area contributed by atoms with Crippen LogP contribution in [0.25, 0.3) is 0 Å². The number of hydrogen-bond acceptors (Lipinski definition) is 12. The number of rotatable bonds is 11. The van der Waals surface area contributed by atoms with E-state index < -0.39 is 23.9 Å². The maximum Gasteiger partial charge on any atom is 0.345 e. The smallest absolute Gasteiger partial charge is 0.345 e. The molecule has 0 saturated carbocycles. The van der Waals surface area contributed by atoms with E-state index in [0.717, 1.165) is 11.1 Å². The summed E-state index contributed by atoms with van der Waals surface area (Å²) in [6, 6.07) is 33.9. The van der Waals surface area contributed by atoms with Crippen molar-refractivity contribution < 1.29 is 53.1 Å². The maximum atomic E-state index is 12.2. The highest BCUT2D eigenvalue weighted by Gasteiger charge is 2.16. The average Bonchev–Trinajstić information content (AvgIpc) is 3.24. The van der Waals surface area contributed by atoms with Gasteiger partial charge < -0.3 is 33.9 Å². The number of carbonyl (C=O) groups is 4. The molecule has 6 rings (SSSR count). The number of pyridine rings is 2. The number of methoxy groups -OCH3 is 2. The van der Waals surface area contributed by atoms with Crippen molar-refractivity contribution in [2.24, 2.45) is 0 Å². The average molecular weight is 745 g/mol. The predicted molar refractivity (Wildman–Crippen MR) is 199 cm³/mol. The van der Waals surface area contributed by atoms with Crippen LogP contribution in [0, 0.1) is 0 Å². The monoisotopic (exact) mass is 744 g/mol. The van der Waals surface area contributed by atoms with Gasteiger partial charge >= 0.3 is 23.9 Å². The fourth-order valence-electron chi connectivity index (χ4n) is 4.43. The Balaban J connectivity index is 0.000000207. The van der Waals surface area contributed by atoms with Gasteiger partial charge in [0.1, 0.15) is 13.2 Å². The molecule has 0 saturated heterocycles. The zero-order valence-electron chi connectivity index (χ0n) is 29.7. The molecule has 4 aromatic carbocycles. The number of carboxylic acid groups (broad SMARTS) is 1. The lowest BCUT2D eigenvalue weighted by Gasteiger charge is -2.11. The zero-order valence-corrected chi connectivity index (χ0v) is 29.7. The molecule has 0 radical (unpaired) electrons. The molecule has 0 unspecified atom stereocenters. The molecule has 2 aromatic heterocycles. The van der Waals surface area contributed by atoms with Crippen molar-refractivity contribution in [3.05, 3.63) is 179 Å². The van der Waals surface area contributed by atoms with Crippen LogP contribution in [0.2, 0.25) is 0 Å². The third kappa shape index (κ3) is 12.9. The van der Waals surface area contributed by atoms with Crippen LogP contribution in [-0.4, -0.2) is 58.3 Å². The van der Waals surface area contributed by atoms with Crippen molar-refractivity contribution in [1.82, 2.24) is 9.97 Å². The molecule has 0 bridgehead atoms. The van der Waals surface area contributed by atoms with Crippen molar-refractivity contribution in [1.29, 1.82) is 0 Å². The molecule has 0 aliphatic heterocycles. The van der Waals surface area contributed by atoms with Crippen molar-refractivity contribution >= 4 is 23.9 Å². The topological polar surface area (TPSA) is 181 Å². The third-order valence-corrected chi connectivity index (χ3v) is 7.25. The Morgan fingerprint density at radius 2 is 1.02 bits per heavy atom. The number of carbonyl (C=O) groups excluding carboxylic acids is 3.